The Morgan fingerprint density at radius 1 is 1.75 bits per heavy atom. The number of likely N-dealkylation sites (N-methyl/N-ethyl adjacent to an activating group) is 1. The molecule has 16 heavy (non-hydrogen) atoms. The number of amides is 1. The Kier molecular flexibility index (Phi) is 3.56. The minimum absolute atomic E-state index is 0.0371. The van der Waals surface area contributed by atoms with Crippen LogP contribution in [0.4, 0.5) is 0 Å². The van der Waals surface area contributed by atoms with Gasteiger partial charge in [-0.25, -0.2) is 0 Å². The van der Waals surface area contributed by atoms with Gasteiger partial charge in [0.15, 0.2) is 5.69 Å². The monoisotopic (exact) mass is 223 g/mol. The van der Waals surface area contributed by atoms with E-state index < -0.39 is 0 Å². The lowest BCUT2D eigenvalue weighted by Crippen LogP contribution is -2.48. The first-order chi connectivity index (χ1) is 7.83. The van der Waals surface area contributed by atoms with Gasteiger partial charge >= 0.3 is 0 Å². The van der Waals surface area contributed by atoms with E-state index in [9.17, 15) is 4.79 Å². The second-order valence-electron chi connectivity index (χ2n) is 3.98. The van der Waals surface area contributed by atoms with Crippen LogP contribution in [0.25, 0.3) is 0 Å². The molecule has 1 aliphatic rings. The normalized spacial score (nSPS) is 20.7. The molecule has 2 heterocycles. The molecule has 1 N–H and O–H groups in total. The highest BCUT2D eigenvalue weighted by molar-refractivity contribution is 5.92. The molecule has 1 fully saturated rings. The van der Waals surface area contributed by atoms with Crippen molar-refractivity contribution in [1.29, 1.82) is 0 Å². The van der Waals surface area contributed by atoms with Crippen LogP contribution in [0.5, 0.6) is 0 Å². The Balaban J connectivity index is 2.06. The molecule has 88 valence electrons. The van der Waals surface area contributed by atoms with Crippen LogP contribution in [0.15, 0.2) is 16.9 Å². The summed E-state index contributed by atoms with van der Waals surface area (Å²) in [7, 11) is 0. The van der Waals surface area contributed by atoms with Gasteiger partial charge in [-0.2, -0.15) is 0 Å². The maximum Gasteiger partial charge on any atom is 0.276 e. The van der Waals surface area contributed by atoms with Crippen LogP contribution in [0.3, 0.4) is 0 Å². The lowest BCUT2D eigenvalue weighted by atomic mass is 10.1. The molecule has 0 aromatic carbocycles. The minimum Gasteiger partial charge on any atom is -0.364 e. The second-order valence-corrected chi connectivity index (χ2v) is 3.98. The first-order valence-corrected chi connectivity index (χ1v) is 5.75. The quantitative estimate of drug-likeness (QED) is 0.826. The zero-order valence-electron chi connectivity index (χ0n) is 9.48. The number of aromatic nitrogens is 1. The van der Waals surface area contributed by atoms with Gasteiger partial charge in [0.05, 0.1) is 0 Å². The number of piperidine rings is 1. The number of hydrogen-bond donors (Lipinski definition) is 1. The van der Waals surface area contributed by atoms with Crippen LogP contribution in [0.2, 0.25) is 0 Å². The molecule has 1 saturated heterocycles. The summed E-state index contributed by atoms with van der Waals surface area (Å²) in [5, 5.41) is 7.01. The molecule has 5 heteroatoms. The van der Waals surface area contributed by atoms with Crippen LogP contribution >= 0.6 is 0 Å². The van der Waals surface area contributed by atoms with E-state index >= 15 is 0 Å². The zero-order valence-corrected chi connectivity index (χ0v) is 9.48. The van der Waals surface area contributed by atoms with Crippen molar-refractivity contribution in [2.24, 2.45) is 0 Å². The first kappa shape index (κ1) is 11.1. The molecule has 5 nitrogen and oxygen atoms in total. The summed E-state index contributed by atoms with van der Waals surface area (Å²) < 4.78 is 4.70. The molecule has 1 atom stereocenters. The summed E-state index contributed by atoms with van der Waals surface area (Å²) in [5.74, 6) is -0.0371. The highest BCUT2D eigenvalue weighted by atomic mass is 16.5. The summed E-state index contributed by atoms with van der Waals surface area (Å²) in [6.07, 6.45) is 3.61. The van der Waals surface area contributed by atoms with Crippen molar-refractivity contribution < 1.29 is 9.32 Å². The van der Waals surface area contributed by atoms with Crippen LogP contribution in [-0.2, 0) is 0 Å². The fourth-order valence-corrected chi connectivity index (χ4v) is 2.14. The Morgan fingerprint density at radius 2 is 2.62 bits per heavy atom. The number of carbonyl (C=O) groups is 1. The van der Waals surface area contributed by atoms with E-state index in [0.29, 0.717) is 12.2 Å². The highest BCUT2D eigenvalue weighted by Gasteiger charge is 2.26. The van der Waals surface area contributed by atoms with Crippen LogP contribution in [0.1, 0.15) is 30.3 Å². The number of nitrogens with zero attached hydrogens (tertiary/aromatic N) is 2. The standard InChI is InChI=1S/C11H17N3O2/c1-2-14(9-4-3-6-12-8-9)11(15)10-5-7-16-13-10/h5,7,9,12H,2-4,6,8H2,1H3. The topological polar surface area (TPSA) is 58.4 Å². The van der Waals surface area contributed by atoms with Crippen molar-refractivity contribution in [1.82, 2.24) is 15.4 Å². The molecule has 0 bridgehead atoms. The van der Waals surface area contributed by atoms with Crippen molar-refractivity contribution in [3.05, 3.63) is 18.0 Å². The molecule has 1 aliphatic heterocycles. The number of carbonyl (C=O) groups excluding carboxylic acids is 1. The van der Waals surface area contributed by atoms with Gasteiger partial charge in [-0.15, -0.1) is 0 Å². The molecule has 1 aromatic heterocycles. The van der Waals surface area contributed by atoms with E-state index in [1.54, 1.807) is 6.07 Å². The third kappa shape index (κ3) is 2.24. The summed E-state index contributed by atoms with van der Waals surface area (Å²) in [6.45, 7) is 4.62. The average molecular weight is 223 g/mol. The molecule has 0 radical (unpaired) electrons. The maximum absolute atomic E-state index is 12.1. The van der Waals surface area contributed by atoms with Gasteiger partial charge in [-0.1, -0.05) is 5.16 Å². The largest absolute Gasteiger partial charge is 0.364 e. The van der Waals surface area contributed by atoms with E-state index in [4.69, 9.17) is 4.52 Å². The van der Waals surface area contributed by atoms with Crippen LogP contribution < -0.4 is 5.32 Å². The van der Waals surface area contributed by atoms with Gasteiger partial charge in [0, 0.05) is 25.2 Å². The highest BCUT2D eigenvalue weighted by Crippen LogP contribution is 2.13. The van der Waals surface area contributed by atoms with E-state index in [-0.39, 0.29) is 11.9 Å². The molecule has 0 spiro atoms. The second kappa shape index (κ2) is 5.12. The summed E-state index contributed by atoms with van der Waals surface area (Å²) in [6, 6.07) is 1.89. The van der Waals surface area contributed by atoms with Gasteiger partial charge in [-0.05, 0) is 26.3 Å². The third-order valence-corrected chi connectivity index (χ3v) is 2.97. The molecular weight excluding hydrogens is 206 g/mol. The fourth-order valence-electron chi connectivity index (χ4n) is 2.14. The van der Waals surface area contributed by atoms with Gasteiger partial charge in [0.25, 0.3) is 5.91 Å². The summed E-state index contributed by atoms with van der Waals surface area (Å²) in [4.78, 5) is 14.0. The van der Waals surface area contributed by atoms with E-state index in [1.807, 2.05) is 11.8 Å². The van der Waals surface area contributed by atoms with Gasteiger partial charge in [0.2, 0.25) is 0 Å². The molecule has 1 unspecified atom stereocenters. The number of rotatable bonds is 3. The molecule has 0 aliphatic carbocycles. The van der Waals surface area contributed by atoms with Crippen molar-refractivity contribution in [2.75, 3.05) is 19.6 Å². The Hall–Kier alpha value is -1.36. The van der Waals surface area contributed by atoms with Gasteiger partial charge in [0.1, 0.15) is 6.26 Å². The smallest absolute Gasteiger partial charge is 0.276 e. The lowest BCUT2D eigenvalue weighted by Gasteiger charge is -2.33. The molecular formula is C11H17N3O2. The zero-order chi connectivity index (χ0) is 11.4. The molecule has 1 amide bonds. The van der Waals surface area contributed by atoms with E-state index in [0.717, 1.165) is 25.9 Å². The fraction of sp³-hybridized carbons (Fsp3) is 0.636. The summed E-state index contributed by atoms with van der Waals surface area (Å²) >= 11 is 0. The van der Waals surface area contributed by atoms with Crippen molar-refractivity contribution in [3.8, 4) is 0 Å². The van der Waals surface area contributed by atoms with Crippen molar-refractivity contribution >= 4 is 5.91 Å². The predicted octanol–water partition coefficient (Wildman–Crippen LogP) is 0.889. The average Bonchev–Trinajstić information content (AvgIpc) is 2.85. The number of hydrogen-bond acceptors (Lipinski definition) is 4. The van der Waals surface area contributed by atoms with E-state index in [2.05, 4.69) is 10.5 Å². The first-order valence-electron chi connectivity index (χ1n) is 5.75. The predicted molar refractivity (Wildman–Crippen MR) is 59.1 cm³/mol. The summed E-state index contributed by atoms with van der Waals surface area (Å²) in [5.41, 5.74) is 0.396. The minimum atomic E-state index is -0.0371. The Labute approximate surface area is 94.8 Å². The maximum atomic E-state index is 12.1. The molecule has 0 saturated carbocycles. The Morgan fingerprint density at radius 3 is 3.19 bits per heavy atom. The Bertz CT molecular complexity index is 331. The molecule has 2 rings (SSSR count). The van der Waals surface area contributed by atoms with Crippen molar-refractivity contribution in [3.63, 3.8) is 0 Å². The van der Waals surface area contributed by atoms with Gasteiger partial charge in [-0.3, -0.25) is 4.79 Å². The van der Waals surface area contributed by atoms with Crippen LogP contribution in [0, 0.1) is 0 Å². The van der Waals surface area contributed by atoms with Crippen LogP contribution in [-0.4, -0.2) is 41.6 Å². The van der Waals surface area contributed by atoms with Gasteiger partial charge < -0.3 is 14.7 Å². The SMILES string of the molecule is CCN(C(=O)c1ccon1)C1CCCNC1. The lowest BCUT2D eigenvalue weighted by molar-refractivity contribution is 0.0651. The molecule has 1 aromatic rings. The van der Waals surface area contributed by atoms with E-state index in [1.165, 1.54) is 6.26 Å². The third-order valence-electron chi connectivity index (χ3n) is 2.97. The number of nitrogens with one attached hydrogen (secondary N) is 1. The van der Waals surface area contributed by atoms with Crippen molar-refractivity contribution in [2.45, 2.75) is 25.8 Å².